The second-order valence-corrected chi connectivity index (χ2v) is 5.90. The highest BCUT2D eigenvalue weighted by molar-refractivity contribution is 7.89. The molecule has 1 rings (SSSR count). The van der Waals surface area contributed by atoms with Crippen molar-refractivity contribution in [2.45, 2.75) is 17.4 Å². The van der Waals surface area contributed by atoms with Crippen LogP contribution in [0, 0.1) is 0 Å². The van der Waals surface area contributed by atoms with Crippen LogP contribution in [-0.2, 0) is 14.8 Å². The number of nitrogens with one attached hydrogen (secondary N) is 1. The lowest BCUT2D eigenvalue weighted by molar-refractivity contribution is 0.158. The number of rotatable bonds is 8. The number of ether oxygens (including phenoxy) is 2. The third-order valence-corrected chi connectivity index (χ3v) is 4.20. The summed E-state index contributed by atoms with van der Waals surface area (Å²) >= 11 is 0. The van der Waals surface area contributed by atoms with Crippen molar-refractivity contribution in [1.82, 2.24) is 4.72 Å². The summed E-state index contributed by atoms with van der Waals surface area (Å²) in [7, 11) is -0.855. The maximum absolute atomic E-state index is 12.2. The minimum atomic E-state index is -3.73. The first-order valence-electron chi connectivity index (χ1n) is 6.00. The summed E-state index contributed by atoms with van der Waals surface area (Å²) < 4.78 is 36.8. The van der Waals surface area contributed by atoms with Crippen LogP contribution in [-0.4, -0.2) is 47.0 Å². The molecule has 114 valence electrons. The van der Waals surface area contributed by atoms with Gasteiger partial charge in [-0.2, -0.15) is 0 Å². The summed E-state index contributed by atoms with van der Waals surface area (Å²) in [5, 5.41) is 8.92. The van der Waals surface area contributed by atoms with Crippen molar-refractivity contribution in [2.75, 3.05) is 33.2 Å². The molecule has 1 atom stereocenters. The molecule has 0 aliphatic carbocycles. The molecule has 0 radical (unpaired) electrons. The topological polar surface area (TPSA) is 111 Å². The first-order valence-corrected chi connectivity index (χ1v) is 7.48. The molecular weight excluding hydrogens is 284 g/mol. The minimum Gasteiger partial charge on any atom is -0.495 e. The van der Waals surface area contributed by atoms with Crippen LogP contribution in [0.4, 0.5) is 5.69 Å². The van der Waals surface area contributed by atoms with Gasteiger partial charge in [0.1, 0.15) is 5.75 Å². The van der Waals surface area contributed by atoms with Gasteiger partial charge in [-0.3, -0.25) is 0 Å². The highest BCUT2D eigenvalue weighted by Crippen LogP contribution is 2.24. The van der Waals surface area contributed by atoms with Crippen molar-refractivity contribution in [3.63, 3.8) is 0 Å². The third-order valence-electron chi connectivity index (χ3n) is 2.68. The fourth-order valence-electron chi connectivity index (χ4n) is 1.68. The quantitative estimate of drug-likeness (QED) is 0.581. The van der Waals surface area contributed by atoms with E-state index in [2.05, 4.69) is 4.72 Å². The van der Waals surface area contributed by atoms with Gasteiger partial charge in [0.2, 0.25) is 10.0 Å². The van der Waals surface area contributed by atoms with Gasteiger partial charge in [0.05, 0.1) is 24.3 Å². The zero-order valence-corrected chi connectivity index (χ0v) is 12.3. The van der Waals surface area contributed by atoms with Crippen molar-refractivity contribution in [2.24, 2.45) is 0 Å². The van der Waals surface area contributed by atoms with Crippen molar-refractivity contribution in [3.05, 3.63) is 18.2 Å². The number of benzene rings is 1. The van der Waals surface area contributed by atoms with Crippen molar-refractivity contribution < 1.29 is 23.0 Å². The maximum atomic E-state index is 12.2. The highest BCUT2D eigenvalue weighted by Gasteiger charge is 2.21. The second kappa shape index (κ2) is 7.44. The summed E-state index contributed by atoms with van der Waals surface area (Å²) in [6, 6.07) is 3.70. The molecule has 0 saturated heterocycles. The van der Waals surface area contributed by atoms with E-state index in [9.17, 15) is 8.42 Å². The largest absolute Gasteiger partial charge is 0.495 e. The van der Waals surface area contributed by atoms with Gasteiger partial charge in [-0.15, -0.1) is 0 Å². The number of hydrogen-bond acceptors (Lipinski definition) is 6. The molecule has 20 heavy (non-hydrogen) atoms. The van der Waals surface area contributed by atoms with Gasteiger partial charge in [-0.05, 0) is 18.6 Å². The molecular formula is C12H20N2O5S. The lowest BCUT2D eigenvalue weighted by atomic mass is 10.2. The Balaban J connectivity index is 2.97. The molecule has 7 nitrogen and oxygen atoms in total. The van der Waals surface area contributed by atoms with Gasteiger partial charge in [0.15, 0.2) is 0 Å². The zero-order chi connectivity index (χ0) is 15.2. The lowest BCUT2D eigenvalue weighted by Gasteiger charge is -2.17. The molecule has 4 N–H and O–H groups in total. The highest BCUT2D eigenvalue weighted by atomic mass is 32.2. The van der Waals surface area contributed by atoms with E-state index in [0.29, 0.717) is 11.4 Å². The summed E-state index contributed by atoms with van der Waals surface area (Å²) in [5.74, 6) is 0.290. The molecule has 0 bridgehead atoms. The van der Waals surface area contributed by atoms with E-state index in [1.165, 1.54) is 32.4 Å². The first-order chi connectivity index (χ1) is 9.44. The van der Waals surface area contributed by atoms with Crippen LogP contribution in [0.1, 0.15) is 6.42 Å². The van der Waals surface area contributed by atoms with E-state index in [1.54, 1.807) is 0 Å². The van der Waals surface area contributed by atoms with Crippen LogP contribution in [0.5, 0.6) is 5.75 Å². The number of sulfonamides is 1. The summed E-state index contributed by atoms with van der Waals surface area (Å²) in [6.07, 6.45) is 0.263. The maximum Gasteiger partial charge on any atom is 0.241 e. The Morgan fingerprint density at radius 1 is 1.40 bits per heavy atom. The van der Waals surface area contributed by atoms with Crippen LogP contribution < -0.4 is 15.2 Å². The van der Waals surface area contributed by atoms with E-state index >= 15 is 0 Å². The van der Waals surface area contributed by atoms with Crippen LogP contribution in [0.3, 0.4) is 0 Å². The molecule has 0 fully saturated rings. The van der Waals surface area contributed by atoms with E-state index < -0.39 is 16.1 Å². The van der Waals surface area contributed by atoms with Crippen molar-refractivity contribution in [1.29, 1.82) is 0 Å². The van der Waals surface area contributed by atoms with Crippen LogP contribution in [0.15, 0.2) is 23.1 Å². The third kappa shape index (κ3) is 4.34. The Hall–Kier alpha value is -1.35. The number of aliphatic hydroxyl groups is 1. The number of methoxy groups -OCH3 is 2. The number of hydrogen-bond donors (Lipinski definition) is 3. The normalized spacial score (nSPS) is 13.2. The Morgan fingerprint density at radius 3 is 2.65 bits per heavy atom. The van der Waals surface area contributed by atoms with Crippen molar-refractivity contribution in [3.8, 4) is 5.75 Å². The molecule has 8 heteroatoms. The van der Waals surface area contributed by atoms with Gasteiger partial charge < -0.3 is 20.3 Å². The molecule has 0 heterocycles. The van der Waals surface area contributed by atoms with Crippen LogP contribution in [0.25, 0.3) is 0 Å². The van der Waals surface area contributed by atoms with Gasteiger partial charge in [-0.1, -0.05) is 0 Å². The molecule has 1 aromatic carbocycles. The number of aliphatic hydroxyl groups excluding tert-OH is 1. The molecule has 0 aliphatic rings. The SMILES string of the molecule is COCC(CCO)NS(=O)(=O)c1ccc(N)c(OC)c1. The van der Waals surface area contributed by atoms with E-state index in [1.807, 2.05) is 0 Å². The molecule has 0 amide bonds. The van der Waals surface area contributed by atoms with Crippen molar-refractivity contribution >= 4 is 15.7 Å². The molecule has 0 aliphatic heterocycles. The van der Waals surface area contributed by atoms with Crippen LogP contribution >= 0.6 is 0 Å². The first kappa shape index (κ1) is 16.7. The average Bonchev–Trinajstić information content (AvgIpc) is 2.39. The van der Waals surface area contributed by atoms with E-state index in [0.717, 1.165) is 0 Å². The molecule has 0 aromatic heterocycles. The van der Waals surface area contributed by atoms with Crippen LogP contribution in [0.2, 0.25) is 0 Å². The second-order valence-electron chi connectivity index (χ2n) is 4.19. The Labute approximate surface area is 118 Å². The molecule has 0 saturated carbocycles. The zero-order valence-electron chi connectivity index (χ0n) is 11.5. The number of nitrogen functional groups attached to an aromatic ring is 1. The smallest absolute Gasteiger partial charge is 0.241 e. The minimum absolute atomic E-state index is 0.0441. The lowest BCUT2D eigenvalue weighted by Crippen LogP contribution is -2.38. The summed E-state index contributed by atoms with van der Waals surface area (Å²) in [4.78, 5) is 0.0441. The standard InChI is InChI=1S/C12H20N2O5S/c1-18-8-9(5-6-15)14-20(16,17)10-3-4-11(13)12(7-10)19-2/h3-4,7,9,14-15H,5-6,8,13H2,1-2H3. The molecule has 1 unspecified atom stereocenters. The number of anilines is 1. The Morgan fingerprint density at radius 2 is 2.10 bits per heavy atom. The molecule has 0 spiro atoms. The number of nitrogens with two attached hydrogens (primary N) is 1. The Kier molecular flexibility index (Phi) is 6.21. The fourth-order valence-corrected chi connectivity index (χ4v) is 2.95. The van der Waals surface area contributed by atoms with Gasteiger partial charge in [0.25, 0.3) is 0 Å². The Bertz CT molecular complexity index is 527. The fraction of sp³-hybridized carbons (Fsp3) is 0.500. The van der Waals surface area contributed by atoms with Gasteiger partial charge in [-0.25, -0.2) is 13.1 Å². The van der Waals surface area contributed by atoms with Gasteiger partial charge >= 0.3 is 0 Å². The molecule has 1 aromatic rings. The van der Waals surface area contributed by atoms with Gasteiger partial charge in [0, 0.05) is 25.8 Å². The summed E-state index contributed by atoms with van der Waals surface area (Å²) in [6.45, 7) is 0.0352. The predicted octanol–water partition coefficient (Wildman–Crippen LogP) is -0.0469. The van der Waals surface area contributed by atoms with E-state index in [-0.39, 0.29) is 24.5 Å². The summed E-state index contributed by atoms with van der Waals surface area (Å²) in [5.41, 5.74) is 6.00. The predicted molar refractivity (Wildman–Crippen MR) is 75.1 cm³/mol. The van der Waals surface area contributed by atoms with E-state index in [4.69, 9.17) is 20.3 Å². The monoisotopic (exact) mass is 304 g/mol. The average molecular weight is 304 g/mol.